The lowest BCUT2D eigenvalue weighted by molar-refractivity contribution is 0.0963. The van der Waals surface area contributed by atoms with Gasteiger partial charge < -0.3 is 16.0 Å². The zero-order chi connectivity index (χ0) is 20.2. The van der Waals surface area contributed by atoms with E-state index in [1.165, 1.54) is 11.1 Å². The first-order valence-corrected chi connectivity index (χ1v) is 10.7. The molecule has 2 aromatic rings. The van der Waals surface area contributed by atoms with Crippen molar-refractivity contribution in [1.29, 1.82) is 0 Å². The third-order valence-electron chi connectivity index (χ3n) is 4.27. The number of carbonyl (C=O) groups is 1. The summed E-state index contributed by atoms with van der Waals surface area (Å²) in [6.45, 7) is 3.73. The lowest BCUT2D eigenvalue weighted by Crippen LogP contribution is -2.39. The Balaban J connectivity index is 1.64. The van der Waals surface area contributed by atoms with E-state index in [1.807, 2.05) is 36.0 Å². The van der Waals surface area contributed by atoms with Gasteiger partial charge in [0.05, 0.1) is 0 Å². The maximum Gasteiger partial charge on any atom is 0.251 e. The second-order valence-electron chi connectivity index (χ2n) is 6.49. The monoisotopic (exact) mass is 398 g/mol. The SMILES string of the molecule is CN=C(NCCSCc1ccc(C)cc1)NCCc1cccc(C(=O)NC)c1. The minimum atomic E-state index is -0.0598. The number of rotatable bonds is 9. The molecule has 150 valence electrons. The number of aliphatic imine (C=N–C) groups is 1. The molecule has 0 aliphatic rings. The van der Waals surface area contributed by atoms with E-state index in [9.17, 15) is 4.79 Å². The van der Waals surface area contributed by atoms with Crippen molar-refractivity contribution in [2.75, 3.05) is 32.9 Å². The lowest BCUT2D eigenvalue weighted by Gasteiger charge is -2.12. The van der Waals surface area contributed by atoms with Gasteiger partial charge in [0.25, 0.3) is 5.91 Å². The van der Waals surface area contributed by atoms with Crippen molar-refractivity contribution in [1.82, 2.24) is 16.0 Å². The zero-order valence-electron chi connectivity index (χ0n) is 16.9. The number of amides is 1. The van der Waals surface area contributed by atoms with Crippen LogP contribution in [-0.2, 0) is 12.2 Å². The number of carbonyl (C=O) groups excluding carboxylic acids is 1. The summed E-state index contributed by atoms with van der Waals surface area (Å²) in [5.74, 6) is 2.78. The highest BCUT2D eigenvalue weighted by Gasteiger charge is 2.04. The van der Waals surface area contributed by atoms with Crippen LogP contribution in [0.4, 0.5) is 0 Å². The molecular weight excluding hydrogens is 368 g/mol. The summed E-state index contributed by atoms with van der Waals surface area (Å²) in [5.41, 5.74) is 4.47. The molecule has 0 unspecified atom stereocenters. The Hall–Kier alpha value is -2.47. The van der Waals surface area contributed by atoms with Gasteiger partial charge in [0.2, 0.25) is 0 Å². The van der Waals surface area contributed by atoms with Crippen molar-refractivity contribution in [3.63, 3.8) is 0 Å². The average molecular weight is 399 g/mol. The van der Waals surface area contributed by atoms with Crippen molar-refractivity contribution in [3.05, 3.63) is 70.8 Å². The fraction of sp³-hybridized carbons (Fsp3) is 0.364. The molecule has 28 heavy (non-hydrogen) atoms. The van der Waals surface area contributed by atoms with E-state index in [0.29, 0.717) is 5.56 Å². The molecule has 1 amide bonds. The highest BCUT2D eigenvalue weighted by atomic mass is 32.2. The van der Waals surface area contributed by atoms with Gasteiger partial charge in [-0.2, -0.15) is 11.8 Å². The maximum atomic E-state index is 11.7. The van der Waals surface area contributed by atoms with Gasteiger partial charge in [-0.05, 0) is 36.6 Å². The topological polar surface area (TPSA) is 65.5 Å². The molecule has 0 atom stereocenters. The summed E-state index contributed by atoms with van der Waals surface area (Å²) in [4.78, 5) is 16.0. The first-order valence-electron chi connectivity index (χ1n) is 9.51. The van der Waals surface area contributed by atoms with Crippen LogP contribution in [-0.4, -0.2) is 44.8 Å². The Morgan fingerprint density at radius 2 is 1.79 bits per heavy atom. The first kappa shape index (κ1) is 21.8. The number of thioether (sulfide) groups is 1. The van der Waals surface area contributed by atoms with Crippen molar-refractivity contribution in [3.8, 4) is 0 Å². The van der Waals surface area contributed by atoms with E-state index in [0.717, 1.165) is 42.5 Å². The average Bonchev–Trinajstić information content (AvgIpc) is 2.73. The predicted molar refractivity (Wildman–Crippen MR) is 120 cm³/mol. The Morgan fingerprint density at radius 1 is 1.04 bits per heavy atom. The number of hydrogen-bond acceptors (Lipinski definition) is 3. The quantitative estimate of drug-likeness (QED) is 0.345. The van der Waals surface area contributed by atoms with E-state index >= 15 is 0 Å². The summed E-state index contributed by atoms with van der Waals surface area (Å²) in [7, 11) is 3.42. The summed E-state index contributed by atoms with van der Waals surface area (Å²) >= 11 is 1.91. The predicted octanol–water partition coefficient (Wildman–Crippen LogP) is 3.00. The third kappa shape index (κ3) is 7.64. The van der Waals surface area contributed by atoms with E-state index < -0.39 is 0 Å². The largest absolute Gasteiger partial charge is 0.356 e. The Morgan fingerprint density at radius 3 is 2.50 bits per heavy atom. The molecule has 0 saturated heterocycles. The number of aryl methyl sites for hydroxylation is 1. The van der Waals surface area contributed by atoms with Crippen LogP contribution < -0.4 is 16.0 Å². The van der Waals surface area contributed by atoms with E-state index in [4.69, 9.17) is 0 Å². The van der Waals surface area contributed by atoms with Crippen LogP contribution in [0.2, 0.25) is 0 Å². The van der Waals surface area contributed by atoms with Gasteiger partial charge in [-0.25, -0.2) is 0 Å². The fourth-order valence-electron chi connectivity index (χ4n) is 2.67. The summed E-state index contributed by atoms with van der Waals surface area (Å²) in [5, 5.41) is 9.32. The lowest BCUT2D eigenvalue weighted by atomic mass is 10.1. The fourth-order valence-corrected chi connectivity index (χ4v) is 3.49. The van der Waals surface area contributed by atoms with Gasteiger partial charge in [-0.15, -0.1) is 0 Å². The number of nitrogens with one attached hydrogen (secondary N) is 3. The molecule has 0 aliphatic carbocycles. The van der Waals surface area contributed by atoms with Crippen molar-refractivity contribution < 1.29 is 4.79 Å². The molecule has 0 aliphatic heterocycles. The molecular formula is C22H30N4OS. The van der Waals surface area contributed by atoms with Gasteiger partial charge in [-0.3, -0.25) is 9.79 Å². The van der Waals surface area contributed by atoms with Crippen molar-refractivity contribution in [2.24, 2.45) is 4.99 Å². The molecule has 0 aromatic heterocycles. The molecule has 3 N–H and O–H groups in total. The number of benzene rings is 2. The van der Waals surface area contributed by atoms with Crippen LogP contribution in [0.1, 0.15) is 27.0 Å². The van der Waals surface area contributed by atoms with Crippen molar-refractivity contribution >= 4 is 23.6 Å². The molecule has 0 radical (unpaired) electrons. The minimum absolute atomic E-state index is 0.0598. The Bertz CT molecular complexity index is 774. The second-order valence-corrected chi connectivity index (χ2v) is 7.60. The van der Waals surface area contributed by atoms with Gasteiger partial charge in [-0.1, -0.05) is 42.0 Å². The normalized spacial score (nSPS) is 11.2. The summed E-state index contributed by atoms with van der Waals surface area (Å²) in [6, 6.07) is 16.4. The zero-order valence-corrected chi connectivity index (χ0v) is 17.7. The summed E-state index contributed by atoms with van der Waals surface area (Å²) in [6.07, 6.45) is 0.827. The molecule has 0 heterocycles. The minimum Gasteiger partial charge on any atom is -0.356 e. The van der Waals surface area contributed by atoms with E-state index in [-0.39, 0.29) is 5.91 Å². The highest BCUT2D eigenvalue weighted by Crippen LogP contribution is 2.12. The molecule has 2 aromatic carbocycles. The molecule has 2 rings (SSSR count). The molecule has 0 fully saturated rings. The molecule has 5 nitrogen and oxygen atoms in total. The van der Waals surface area contributed by atoms with E-state index in [1.54, 1.807) is 14.1 Å². The van der Waals surface area contributed by atoms with Gasteiger partial charge in [0.15, 0.2) is 5.96 Å². The number of nitrogens with zero attached hydrogens (tertiary/aromatic N) is 1. The van der Waals surface area contributed by atoms with Crippen LogP contribution in [0, 0.1) is 6.92 Å². The molecule has 0 saturated carbocycles. The van der Waals surface area contributed by atoms with Gasteiger partial charge >= 0.3 is 0 Å². The van der Waals surface area contributed by atoms with Crippen LogP contribution >= 0.6 is 11.8 Å². The number of hydrogen-bond donors (Lipinski definition) is 3. The Kier molecular flexibility index (Phi) is 9.42. The van der Waals surface area contributed by atoms with Crippen LogP contribution in [0.3, 0.4) is 0 Å². The van der Waals surface area contributed by atoms with Crippen LogP contribution in [0.15, 0.2) is 53.5 Å². The summed E-state index contributed by atoms with van der Waals surface area (Å²) < 4.78 is 0. The van der Waals surface area contributed by atoms with Crippen LogP contribution in [0.25, 0.3) is 0 Å². The molecule has 0 spiro atoms. The first-order chi connectivity index (χ1) is 13.6. The molecule has 0 bridgehead atoms. The van der Waals surface area contributed by atoms with Gasteiger partial charge in [0.1, 0.15) is 0 Å². The number of guanidine groups is 1. The van der Waals surface area contributed by atoms with Gasteiger partial charge in [0, 0.05) is 44.3 Å². The smallest absolute Gasteiger partial charge is 0.251 e. The standard InChI is InChI=1S/C22H30N4OS/c1-17-7-9-19(10-8-17)16-28-14-13-26-22(24-3)25-12-11-18-5-4-6-20(15-18)21(27)23-2/h4-10,15H,11-14,16H2,1-3H3,(H,23,27)(H2,24,25,26). The maximum absolute atomic E-state index is 11.7. The Labute approximate surface area is 172 Å². The van der Waals surface area contributed by atoms with Crippen LogP contribution in [0.5, 0.6) is 0 Å². The second kappa shape index (κ2) is 12.1. The third-order valence-corrected chi connectivity index (χ3v) is 5.30. The highest BCUT2D eigenvalue weighted by molar-refractivity contribution is 7.98. The van der Waals surface area contributed by atoms with Crippen molar-refractivity contribution in [2.45, 2.75) is 19.1 Å². The van der Waals surface area contributed by atoms with E-state index in [2.05, 4.69) is 52.1 Å². The molecule has 6 heteroatoms.